The Morgan fingerprint density at radius 1 is 1.57 bits per heavy atom. The molecule has 5 nitrogen and oxygen atoms in total. The maximum atomic E-state index is 5.48. The van der Waals surface area contributed by atoms with Gasteiger partial charge in [-0.1, -0.05) is 13.0 Å². The number of nitrogens with zero attached hydrogens (tertiary/aromatic N) is 2. The molecule has 2 aromatic heterocycles. The van der Waals surface area contributed by atoms with Crippen molar-refractivity contribution in [2.45, 2.75) is 25.9 Å². The topological polar surface area (TPSA) is 62.5 Å². The summed E-state index contributed by atoms with van der Waals surface area (Å²) in [7, 11) is 1.78. The van der Waals surface area contributed by atoms with E-state index < -0.39 is 0 Å². The molecule has 0 aromatic carbocycles. The van der Waals surface area contributed by atoms with Crippen LogP contribution in [0.1, 0.15) is 19.0 Å². The average Bonchev–Trinajstić information content (AvgIpc) is 2.95. The normalized spacial score (nSPS) is 20.8. The summed E-state index contributed by atoms with van der Waals surface area (Å²) >= 11 is 1.62. The quantitative estimate of drug-likeness (QED) is 0.455. The first-order valence-corrected chi connectivity index (χ1v) is 7.59. The highest BCUT2D eigenvalue weighted by atomic mass is 127. The zero-order valence-corrected chi connectivity index (χ0v) is 15.1. The molecule has 114 valence electrons. The molecule has 0 saturated heterocycles. The molecule has 1 aliphatic carbocycles. The number of halogens is 1. The van der Waals surface area contributed by atoms with Crippen molar-refractivity contribution >= 4 is 41.3 Å². The van der Waals surface area contributed by atoms with E-state index >= 15 is 0 Å². The van der Waals surface area contributed by atoms with Gasteiger partial charge < -0.3 is 15.1 Å². The van der Waals surface area contributed by atoms with Crippen LogP contribution in [0.3, 0.4) is 0 Å². The minimum absolute atomic E-state index is 0. The maximum absolute atomic E-state index is 5.48. The lowest BCUT2D eigenvalue weighted by Gasteiger charge is -2.09. The summed E-state index contributed by atoms with van der Waals surface area (Å²) in [6.45, 7) is 2.84. The second kappa shape index (κ2) is 7.26. The van der Waals surface area contributed by atoms with Crippen LogP contribution in [-0.2, 0) is 6.54 Å². The van der Waals surface area contributed by atoms with Crippen LogP contribution in [0.15, 0.2) is 33.2 Å². The number of hydrogen-bond donors (Lipinski definition) is 2. The molecule has 2 aromatic rings. The number of nitrogens with one attached hydrogen (secondary N) is 2. The third-order valence-corrected chi connectivity index (χ3v) is 4.23. The predicted octanol–water partition coefficient (Wildman–Crippen LogP) is 3.09. The monoisotopic (exact) mass is 418 g/mol. The average molecular weight is 418 g/mol. The predicted molar refractivity (Wildman–Crippen MR) is 96.1 cm³/mol. The first kappa shape index (κ1) is 16.3. The van der Waals surface area contributed by atoms with Crippen molar-refractivity contribution in [2.75, 3.05) is 7.05 Å². The van der Waals surface area contributed by atoms with E-state index in [9.17, 15) is 0 Å². The summed E-state index contributed by atoms with van der Waals surface area (Å²) in [6.07, 6.45) is 2.91. The van der Waals surface area contributed by atoms with Crippen molar-refractivity contribution in [3.8, 4) is 10.8 Å². The van der Waals surface area contributed by atoms with Gasteiger partial charge in [0.05, 0.1) is 17.1 Å². The molecule has 0 bridgehead atoms. The number of thiophene rings is 1. The van der Waals surface area contributed by atoms with Gasteiger partial charge in [0.25, 0.3) is 0 Å². The van der Waals surface area contributed by atoms with Crippen LogP contribution in [0.2, 0.25) is 0 Å². The van der Waals surface area contributed by atoms with Gasteiger partial charge in [-0.2, -0.15) is 0 Å². The standard InChI is InChI=1S/C14H18N4OS.HI/c1-9-6-11(9)18-14(15-2)16-7-10-8-19-13(17-10)12-4-3-5-20-12;/h3-5,8-9,11H,6-7H2,1-2H3,(H2,15,16,18);1H. The van der Waals surface area contributed by atoms with Gasteiger partial charge in [-0.25, -0.2) is 4.98 Å². The van der Waals surface area contributed by atoms with E-state index in [4.69, 9.17) is 4.42 Å². The number of hydrogen-bond acceptors (Lipinski definition) is 4. The van der Waals surface area contributed by atoms with Gasteiger partial charge >= 0.3 is 0 Å². The molecule has 2 atom stereocenters. The van der Waals surface area contributed by atoms with Crippen LogP contribution in [0.25, 0.3) is 10.8 Å². The number of aliphatic imine (C=N–C) groups is 1. The van der Waals surface area contributed by atoms with Crippen molar-refractivity contribution in [3.05, 3.63) is 29.5 Å². The first-order valence-electron chi connectivity index (χ1n) is 6.71. The molecule has 2 heterocycles. The molecule has 7 heteroatoms. The zero-order valence-electron chi connectivity index (χ0n) is 12.0. The van der Waals surface area contributed by atoms with E-state index in [2.05, 4.69) is 27.5 Å². The van der Waals surface area contributed by atoms with Crippen molar-refractivity contribution in [1.29, 1.82) is 0 Å². The SMILES string of the molecule is CN=C(NCc1coc(-c2cccs2)n1)NC1CC1C.I. The van der Waals surface area contributed by atoms with Crippen LogP contribution in [0.5, 0.6) is 0 Å². The molecule has 0 aliphatic heterocycles. The van der Waals surface area contributed by atoms with E-state index in [1.54, 1.807) is 24.6 Å². The highest BCUT2D eigenvalue weighted by Crippen LogP contribution is 2.28. The molecule has 0 amide bonds. The van der Waals surface area contributed by atoms with Gasteiger partial charge in [0.15, 0.2) is 5.96 Å². The highest BCUT2D eigenvalue weighted by molar-refractivity contribution is 14.0. The lowest BCUT2D eigenvalue weighted by atomic mass is 10.4. The molecule has 2 unspecified atom stereocenters. The number of guanidine groups is 1. The first-order chi connectivity index (χ1) is 9.76. The van der Waals surface area contributed by atoms with Crippen molar-refractivity contribution in [1.82, 2.24) is 15.6 Å². The molecule has 0 spiro atoms. The lowest BCUT2D eigenvalue weighted by Crippen LogP contribution is -2.38. The third-order valence-electron chi connectivity index (χ3n) is 3.38. The Labute approximate surface area is 145 Å². The van der Waals surface area contributed by atoms with E-state index in [-0.39, 0.29) is 24.0 Å². The van der Waals surface area contributed by atoms with Crippen LogP contribution >= 0.6 is 35.3 Å². The molecule has 1 aliphatic rings. The van der Waals surface area contributed by atoms with E-state index in [0.29, 0.717) is 18.5 Å². The van der Waals surface area contributed by atoms with Crippen LogP contribution in [-0.4, -0.2) is 24.0 Å². The zero-order chi connectivity index (χ0) is 13.9. The largest absolute Gasteiger partial charge is 0.443 e. The molecular weight excluding hydrogens is 399 g/mol. The minimum atomic E-state index is 0. The number of aromatic nitrogens is 1. The van der Waals surface area contributed by atoms with Gasteiger partial charge in [-0.05, 0) is 23.8 Å². The van der Waals surface area contributed by atoms with Crippen LogP contribution < -0.4 is 10.6 Å². The second-order valence-corrected chi connectivity index (χ2v) is 5.96. The van der Waals surface area contributed by atoms with Gasteiger partial charge in [-0.3, -0.25) is 4.99 Å². The molecular formula is C14H19IN4OS. The number of rotatable bonds is 4. The number of oxazole rings is 1. The van der Waals surface area contributed by atoms with E-state index in [1.165, 1.54) is 6.42 Å². The van der Waals surface area contributed by atoms with Gasteiger partial charge in [0, 0.05) is 13.1 Å². The lowest BCUT2D eigenvalue weighted by molar-refractivity contribution is 0.573. The smallest absolute Gasteiger partial charge is 0.236 e. The second-order valence-electron chi connectivity index (χ2n) is 5.01. The van der Waals surface area contributed by atoms with E-state index in [0.717, 1.165) is 22.4 Å². The Morgan fingerprint density at radius 2 is 2.38 bits per heavy atom. The third kappa shape index (κ3) is 4.19. The molecule has 1 fully saturated rings. The summed E-state index contributed by atoms with van der Waals surface area (Å²) in [5.41, 5.74) is 0.875. The summed E-state index contributed by atoms with van der Waals surface area (Å²) in [4.78, 5) is 9.73. The van der Waals surface area contributed by atoms with Gasteiger partial charge in [0.2, 0.25) is 5.89 Å². The van der Waals surface area contributed by atoms with Gasteiger partial charge in [-0.15, -0.1) is 35.3 Å². The maximum Gasteiger partial charge on any atom is 0.236 e. The Hall–Kier alpha value is -1.09. The van der Waals surface area contributed by atoms with Gasteiger partial charge in [0.1, 0.15) is 6.26 Å². The molecule has 2 N–H and O–H groups in total. The Morgan fingerprint density at radius 3 is 3.00 bits per heavy atom. The summed E-state index contributed by atoms with van der Waals surface area (Å²) < 4.78 is 5.48. The van der Waals surface area contributed by atoms with Crippen molar-refractivity contribution < 1.29 is 4.42 Å². The van der Waals surface area contributed by atoms with Crippen LogP contribution in [0.4, 0.5) is 0 Å². The van der Waals surface area contributed by atoms with Crippen molar-refractivity contribution in [3.63, 3.8) is 0 Å². The Bertz CT molecular complexity index is 596. The van der Waals surface area contributed by atoms with E-state index in [1.807, 2.05) is 17.5 Å². The summed E-state index contributed by atoms with van der Waals surface area (Å²) in [6, 6.07) is 4.55. The Balaban J connectivity index is 0.00000161. The molecule has 3 rings (SSSR count). The molecule has 1 saturated carbocycles. The summed E-state index contributed by atoms with van der Waals surface area (Å²) in [5, 5.41) is 8.65. The summed E-state index contributed by atoms with van der Waals surface area (Å²) in [5.74, 6) is 2.24. The fourth-order valence-electron chi connectivity index (χ4n) is 1.97. The van der Waals surface area contributed by atoms with Crippen molar-refractivity contribution in [2.24, 2.45) is 10.9 Å². The van der Waals surface area contributed by atoms with Crippen LogP contribution in [0, 0.1) is 5.92 Å². The fourth-order valence-corrected chi connectivity index (χ4v) is 2.62. The fraction of sp³-hybridized carbons (Fsp3) is 0.429. The minimum Gasteiger partial charge on any atom is -0.443 e. The molecule has 21 heavy (non-hydrogen) atoms. The highest BCUT2D eigenvalue weighted by Gasteiger charge is 2.33. The Kier molecular flexibility index (Phi) is 5.63. The molecule has 0 radical (unpaired) electrons.